The van der Waals surface area contributed by atoms with E-state index in [0.29, 0.717) is 16.9 Å². The Bertz CT molecular complexity index is 698. The monoisotopic (exact) mass is 301 g/mol. The fourth-order valence-corrected chi connectivity index (χ4v) is 2.00. The predicted molar refractivity (Wildman–Crippen MR) is 80.6 cm³/mol. The number of methoxy groups -OCH3 is 1. The number of esters is 1. The molecule has 2 aromatic rings. The summed E-state index contributed by atoms with van der Waals surface area (Å²) in [6.07, 6.45) is -0.773. The molecule has 0 aliphatic heterocycles. The number of ether oxygens (including phenoxy) is 2. The van der Waals surface area contributed by atoms with Crippen molar-refractivity contribution < 1.29 is 19.2 Å². The second-order valence-corrected chi connectivity index (χ2v) is 4.59. The topological polar surface area (TPSA) is 78.7 Å². The fourth-order valence-electron chi connectivity index (χ4n) is 2.00. The minimum Gasteiger partial charge on any atom is -0.478 e. The molecule has 2 rings (SSSR count). The fraction of sp³-hybridized carbons (Fsp3) is 0.188. The molecular weight excluding hydrogens is 286 g/mol. The quantitative estimate of drug-likeness (QED) is 0.481. The van der Waals surface area contributed by atoms with Crippen LogP contribution in [0, 0.1) is 10.1 Å². The third-order valence-corrected chi connectivity index (χ3v) is 3.09. The molecule has 0 fully saturated rings. The highest BCUT2D eigenvalue weighted by Crippen LogP contribution is 2.32. The molecule has 0 aliphatic rings. The molecule has 0 amide bonds. The Morgan fingerprint density at radius 3 is 2.59 bits per heavy atom. The summed E-state index contributed by atoms with van der Waals surface area (Å²) >= 11 is 0. The minimum atomic E-state index is -0.773. The Morgan fingerprint density at radius 1 is 1.18 bits per heavy atom. The zero-order valence-corrected chi connectivity index (χ0v) is 12.2. The van der Waals surface area contributed by atoms with Crippen molar-refractivity contribution in [3.05, 3.63) is 58.6 Å². The lowest BCUT2D eigenvalue weighted by Crippen LogP contribution is -2.25. The number of nitro groups is 1. The van der Waals surface area contributed by atoms with Crippen LogP contribution in [0.3, 0.4) is 0 Å². The Labute approximate surface area is 127 Å². The van der Waals surface area contributed by atoms with Crippen molar-refractivity contribution in [3.63, 3.8) is 0 Å². The van der Waals surface area contributed by atoms with E-state index in [1.54, 1.807) is 43.3 Å². The Hall–Kier alpha value is -2.89. The van der Waals surface area contributed by atoms with Crippen molar-refractivity contribution in [2.45, 2.75) is 13.0 Å². The Balaban J connectivity index is 2.38. The molecule has 2 aromatic carbocycles. The lowest BCUT2D eigenvalue weighted by Gasteiger charge is -2.15. The number of nitro benzene ring substituents is 1. The molecule has 0 saturated heterocycles. The third-order valence-electron chi connectivity index (χ3n) is 3.09. The van der Waals surface area contributed by atoms with E-state index in [-0.39, 0.29) is 5.69 Å². The van der Waals surface area contributed by atoms with Crippen molar-refractivity contribution in [1.29, 1.82) is 0 Å². The van der Waals surface area contributed by atoms with Crippen molar-refractivity contribution in [2.24, 2.45) is 0 Å². The van der Waals surface area contributed by atoms with Gasteiger partial charge in [0.05, 0.1) is 12.0 Å². The van der Waals surface area contributed by atoms with E-state index in [2.05, 4.69) is 4.74 Å². The number of rotatable bonds is 5. The SMILES string of the molecule is COC(=O)[C@@H](C)Oc1ccccc1-c1cccc([N+](=O)[O-])c1. The highest BCUT2D eigenvalue weighted by molar-refractivity contribution is 5.76. The van der Waals surface area contributed by atoms with Gasteiger partial charge in [0.2, 0.25) is 0 Å². The smallest absolute Gasteiger partial charge is 0.346 e. The van der Waals surface area contributed by atoms with Gasteiger partial charge in [-0.05, 0) is 18.6 Å². The van der Waals surface area contributed by atoms with E-state index in [1.807, 2.05) is 0 Å². The summed E-state index contributed by atoms with van der Waals surface area (Å²) in [5.41, 5.74) is 1.30. The average Bonchev–Trinajstić information content (AvgIpc) is 2.54. The van der Waals surface area contributed by atoms with E-state index in [4.69, 9.17) is 4.74 Å². The molecule has 22 heavy (non-hydrogen) atoms. The molecule has 6 heteroatoms. The Kier molecular flexibility index (Phi) is 4.73. The number of benzene rings is 2. The third kappa shape index (κ3) is 3.41. The first kappa shape index (κ1) is 15.5. The lowest BCUT2D eigenvalue weighted by molar-refractivity contribution is -0.384. The molecule has 0 aromatic heterocycles. The van der Waals surface area contributed by atoms with Gasteiger partial charge in [-0.2, -0.15) is 0 Å². The van der Waals surface area contributed by atoms with Crippen LogP contribution in [0.2, 0.25) is 0 Å². The van der Waals surface area contributed by atoms with Crippen LogP contribution in [0.15, 0.2) is 48.5 Å². The summed E-state index contributed by atoms with van der Waals surface area (Å²) in [4.78, 5) is 21.9. The summed E-state index contributed by atoms with van der Waals surface area (Å²) in [5.74, 6) is -0.0326. The van der Waals surface area contributed by atoms with Gasteiger partial charge in [-0.15, -0.1) is 0 Å². The molecule has 114 valence electrons. The molecular formula is C16H15NO5. The molecule has 0 heterocycles. The number of para-hydroxylation sites is 1. The average molecular weight is 301 g/mol. The summed E-state index contributed by atoms with van der Waals surface area (Å²) in [7, 11) is 1.29. The van der Waals surface area contributed by atoms with Crippen LogP contribution in [0.1, 0.15) is 6.92 Å². The molecule has 0 N–H and O–H groups in total. The van der Waals surface area contributed by atoms with Gasteiger partial charge in [0, 0.05) is 17.7 Å². The standard InChI is InChI=1S/C16H15NO5/c1-11(16(18)21-2)22-15-9-4-3-8-14(15)12-6-5-7-13(10-12)17(19)20/h3-11H,1-2H3/t11-/m1/s1. The number of hydrogen-bond donors (Lipinski definition) is 0. The van der Waals surface area contributed by atoms with Gasteiger partial charge < -0.3 is 9.47 Å². The summed E-state index contributed by atoms with van der Waals surface area (Å²) in [5, 5.41) is 10.9. The number of non-ortho nitro benzene ring substituents is 1. The summed E-state index contributed by atoms with van der Waals surface area (Å²) in [6.45, 7) is 1.58. The molecule has 0 spiro atoms. The largest absolute Gasteiger partial charge is 0.478 e. The highest BCUT2D eigenvalue weighted by Gasteiger charge is 2.17. The van der Waals surface area contributed by atoms with E-state index < -0.39 is 17.0 Å². The van der Waals surface area contributed by atoms with Gasteiger partial charge in [-0.3, -0.25) is 10.1 Å². The van der Waals surface area contributed by atoms with Crippen molar-refractivity contribution in [3.8, 4) is 16.9 Å². The predicted octanol–water partition coefficient (Wildman–Crippen LogP) is 3.20. The number of nitrogens with zero attached hydrogens (tertiary/aromatic N) is 1. The van der Waals surface area contributed by atoms with Crippen LogP contribution < -0.4 is 4.74 Å². The van der Waals surface area contributed by atoms with E-state index >= 15 is 0 Å². The maximum absolute atomic E-state index is 11.5. The van der Waals surface area contributed by atoms with Gasteiger partial charge in [0.25, 0.3) is 5.69 Å². The van der Waals surface area contributed by atoms with E-state index in [0.717, 1.165) is 0 Å². The number of carbonyl (C=O) groups excluding carboxylic acids is 1. The maximum Gasteiger partial charge on any atom is 0.346 e. The van der Waals surface area contributed by atoms with E-state index in [1.165, 1.54) is 19.2 Å². The first-order chi connectivity index (χ1) is 10.5. The molecule has 0 unspecified atom stereocenters. The summed E-state index contributed by atoms with van der Waals surface area (Å²) in [6, 6.07) is 13.3. The second kappa shape index (κ2) is 6.71. The van der Waals surface area contributed by atoms with Crippen molar-refractivity contribution in [1.82, 2.24) is 0 Å². The second-order valence-electron chi connectivity index (χ2n) is 4.59. The van der Waals surface area contributed by atoms with Gasteiger partial charge in [0.15, 0.2) is 6.10 Å². The van der Waals surface area contributed by atoms with Crippen LogP contribution in [0.25, 0.3) is 11.1 Å². The van der Waals surface area contributed by atoms with E-state index in [9.17, 15) is 14.9 Å². The first-order valence-electron chi connectivity index (χ1n) is 6.61. The van der Waals surface area contributed by atoms with Gasteiger partial charge in [-0.25, -0.2) is 4.79 Å². The lowest BCUT2D eigenvalue weighted by atomic mass is 10.0. The summed E-state index contributed by atoms with van der Waals surface area (Å²) < 4.78 is 10.2. The highest BCUT2D eigenvalue weighted by atomic mass is 16.6. The number of carbonyl (C=O) groups is 1. The zero-order valence-electron chi connectivity index (χ0n) is 12.2. The van der Waals surface area contributed by atoms with Crippen molar-refractivity contribution >= 4 is 11.7 Å². The van der Waals surface area contributed by atoms with Crippen LogP contribution in [-0.2, 0) is 9.53 Å². The van der Waals surface area contributed by atoms with Gasteiger partial charge >= 0.3 is 5.97 Å². The van der Waals surface area contributed by atoms with Crippen LogP contribution in [-0.4, -0.2) is 24.1 Å². The van der Waals surface area contributed by atoms with Crippen LogP contribution in [0.4, 0.5) is 5.69 Å². The van der Waals surface area contributed by atoms with Crippen molar-refractivity contribution in [2.75, 3.05) is 7.11 Å². The van der Waals surface area contributed by atoms with Crippen LogP contribution in [0.5, 0.6) is 5.75 Å². The molecule has 6 nitrogen and oxygen atoms in total. The Morgan fingerprint density at radius 2 is 1.91 bits per heavy atom. The van der Waals surface area contributed by atoms with Gasteiger partial charge in [0.1, 0.15) is 5.75 Å². The molecule has 0 radical (unpaired) electrons. The maximum atomic E-state index is 11.5. The minimum absolute atomic E-state index is 0.00619. The zero-order chi connectivity index (χ0) is 16.1. The molecule has 0 saturated carbocycles. The number of hydrogen-bond acceptors (Lipinski definition) is 5. The molecule has 0 bridgehead atoms. The first-order valence-corrected chi connectivity index (χ1v) is 6.61. The van der Waals surface area contributed by atoms with Crippen LogP contribution >= 0.6 is 0 Å². The normalized spacial score (nSPS) is 11.5. The molecule has 0 aliphatic carbocycles. The van der Waals surface area contributed by atoms with Gasteiger partial charge in [-0.1, -0.05) is 30.3 Å². The molecule has 1 atom stereocenters.